The third kappa shape index (κ3) is 3.98. The largest absolute Gasteiger partial charge is 0.366 e. The molecule has 0 fully saturated rings. The van der Waals surface area contributed by atoms with Crippen molar-refractivity contribution in [1.29, 1.82) is 0 Å². The minimum Gasteiger partial charge on any atom is -0.366 e. The minimum atomic E-state index is -0.791. The van der Waals surface area contributed by atoms with Gasteiger partial charge in [0.25, 0.3) is 0 Å². The second-order valence-corrected chi connectivity index (χ2v) is 5.62. The van der Waals surface area contributed by atoms with Crippen molar-refractivity contribution in [1.82, 2.24) is 0 Å². The number of carbonyl (C=O) groups excluding carboxylic acids is 3. The van der Waals surface area contributed by atoms with E-state index in [-0.39, 0.29) is 0 Å². The van der Waals surface area contributed by atoms with Gasteiger partial charge in [0, 0.05) is 16.9 Å². The lowest BCUT2D eigenvalue weighted by atomic mass is 10.1. The molecule has 24 heavy (non-hydrogen) atoms. The highest BCUT2D eigenvalue weighted by Crippen LogP contribution is 2.21. The van der Waals surface area contributed by atoms with Crippen LogP contribution < -0.4 is 16.4 Å². The molecule has 3 amide bonds. The number of anilines is 2. The standard InChI is InChI=1S/C18H19N3O3/c1-10-8-11(2)15(12(3)9-10)21-18(24)17(23)20-14-6-4-13(5-7-14)16(19)22/h4-9H,1-3H3,(H2,19,22)(H,20,23)(H,21,24). The van der Waals surface area contributed by atoms with Gasteiger partial charge in [0.05, 0.1) is 0 Å². The number of hydrogen-bond acceptors (Lipinski definition) is 3. The van der Waals surface area contributed by atoms with E-state index < -0.39 is 17.7 Å². The van der Waals surface area contributed by atoms with Gasteiger partial charge in [-0.25, -0.2) is 0 Å². The quantitative estimate of drug-likeness (QED) is 0.755. The average molecular weight is 325 g/mol. The van der Waals surface area contributed by atoms with E-state index in [1.165, 1.54) is 24.3 Å². The highest BCUT2D eigenvalue weighted by atomic mass is 16.2. The van der Waals surface area contributed by atoms with Gasteiger partial charge in [-0.05, 0) is 56.2 Å². The number of aryl methyl sites for hydroxylation is 3. The van der Waals surface area contributed by atoms with Crippen LogP contribution in [0.3, 0.4) is 0 Å². The van der Waals surface area contributed by atoms with Crippen LogP contribution in [0.4, 0.5) is 11.4 Å². The van der Waals surface area contributed by atoms with Gasteiger partial charge in [-0.3, -0.25) is 14.4 Å². The second-order valence-electron chi connectivity index (χ2n) is 5.62. The maximum atomic E-state index is 12.1. The Morgan fingerprint density at radius 1 is 0.833 bits per heavy atom. The van der Waals surface area contributed by atoms with E-state index in [0.29, 0.717) is 16.9 Å². The summed E-state index contributed by atoms with van der Waals surface area (Å²) in [6, 6.07) is 9.84. The van der Waals surface area contributed by atoms with Crippen molar-refractivity contribution in [3.63, 3.8) is 0 Å². The van der Waals surface area contributed by atoms with Gasteiger partial charge in [0.2, 0.25) is 5.91 Å². The highest BCUT2D eigenvalue weighted by molar-refractivity contribution is 6.43. The summed E-state index contributed by atoms with van der Waals surface area (Å²) in [7, 11) is 0. The number of primary amides is 1. The molecule has 2 aromatic rings. The van der Waals surface area contributed by atoms with Gasteiger partial charge in [-0.2, -0.15) is 0 Å². The Morgan fingerprint density at radius 2 is 1.33 bits per heavy atom. The van der Waals surface area contributed by atoms with Crippen molar-refractivity contribution in [2.24, 2.45) is 5.73 Å². The summed E-state index contributed by atoms with van der Waals surface area (Å²) in [5.41, 5.74) is 9.36. The molecule has 0 aliphatic rings. The van der Waals surface area contributed by atoms with Crippen LogP contribution in [0, 0.1) is 20.8 Å². The molecule has 0 aliphatic heterocycles. The summed E-state index contributed by atoms with van der Waals surface area (Å²) in [6.45, 7) is 5.71. The van der Waals surface area contributed by atoms with Gasteiger partial charge in [0.1, 0.15) is 0 Å². The molecule has 2 rings (SSSR count). The van der Waals surface area contributed by atoms with Crippen LogP contribution in [0.25, 0.3) is 0 Å². The van der Waals surface area contributed by atoms with Crippen molar-refractivity contribution in [2.45, 2.75) is 20.8 Å². The van der Waals surface area contributed by atoms with Crippen molar-refractivity contribution >= 4 is 29.1 Å². The van der Waals surface area contributed by atoms with E-state index in [2.05, 4.69) is 10.6 Å². The molecule has 0 aliphatic carbocycles. The number of rotatable bonds is 3. The lowest BCUT2D eigenvalue weighted by molar-refractivity contribution is -0.133. The van der Waals surface area contributed by atoms with Gasteiger partial charge >= 0.3 is 11.8 Å². The van der Waals surface area contributed by atoms with Gasteiger partial charge in [0.15, 0.2) is 0 Å². The molecular formula is C18H19N3O3. The molecule has 6 nitrogen and oxygen atoms in total. The molecule has 0 heterocycles. The number of amides is 3. The number of carbonyl (C=O) groups is 3. The van der Waals surface area contributed by atoms with Crippen LogP contribution in [-0.2, 0) is 9.59 Å². The van der Waals surface area contributed by atoms with Crippen LogP contribution in [0.1, 0.15) is 27.0 Å². The Balaban J connectivity index is 2.07. The minimum absolute atomic E-state index is 0.323. The topological polar surface area (TPSA) is 101 Å². The van der Waals surface area contributed by atoms with Crippen LogP contribution in [-0.4, -0.2) is 17.7 Å². The number of nitrogens with one attached hydrogen (secondary N) is 2. The van der Waals surface area contributed by atoms with Crippen molar-refractivity contribution < 1.29 is 14.4 Å². The lowest BCUT2D eigenvalue weighted by Crippen LogP contribution is -2.29. The van der Waals surface area contributed by atoms with Crippen LogP contribution in [0.5, 0.6) is 0 Å². The zero-order valence-corrected chi connectivity index (χ0v) is 13.8. The molecule has 0 radical (unpaired) electrons. The average Bonchev–Trinajstić information content (AvgIpc) is 2.51. The first-order valence-corrected chi connectivity index (χ1v) is 7.38. The Bertz CT molecular complexity index is 788. The van der Waals surface area contributed by atoms with E-state index in [9.17, 15) is 14.4 Å². The predicted octanol–water partition coefficient (Wildman–Crippen LogP) is 2.29. The number of hydrogen-bond donors (Lipinski definition) is 3. The zero-order valence-electron chi connectivity index (χ0n) is 13.8. The fraction of sp³-hybridized carbons (Fsp3) is 0.167. The molecule has 0 unspecified atom stereocenters. The molecule has 0 spiro atoms. The smallest absolute Gasteiger partial charge is 0.314 e. The first-order valence-electron chi connectivity index (χ1n) is 7.38. The van der Waals surface area contributed by atoms with Crippen LogP contribution >= 0.6 is 0 Å². The molecule has 4 N–H and O–H groups in total. The first-order chi connectivity index (χ1) is 11.3. The summed E-state index contributed by atoms with van der Waals surface area (Å²) in [5.74, 6) is -2.11. The molecule has 2 aromatic carbocycles. The van der Waals surface area contributed by atoms with E-state index in [1.807, 2.05) is 32.9 Å². The monoisotopic (exact) mass is 325 g/mol. The zero-order chi connectivity index (χ0) is 17.9. The molecule has 0 atom stereocenters. The summed E-state index contributed by atoms with van der Waals surface area (Å²) in [6.07, 6.45) is 0. The predicted molar refractivity (Wildman–Crippen MR) is 92.9 cm³/mol. The maximum absolute atomic E-state index is 12.1. The molecule has 0 saturated heterocycles. The third-order valence-electron chi connectivity index (χ3n) is 3.55. The SMILES string of the molecule is Cc1cc(C)c(NC(=O)C(=O)Nc2ccc(C(N)=O)cc2)c(C)c1. The Labute approximate surface area is 140 Å². The second kappa shape index (κ2) is 6.95. The molecule has 124 valence electrons. The van der Waals surface area contributed by atoms with Gasteiger partial charge in [-0.1, -0.05) is 17.7 Å². The fourth-order valence-corrected chi connectivity index (χ4v) is 2.45. The summed E-state index contributed by atoms with van der Waals surface area (Å²) in [4.78, 5) is 35.1. The van der Waals surface area contributed by atoms with E-state index in [1.54, 1.807) is 0 Å². The Hall–Kier alpha value is -3.15. The first kappa shape index (κ1) is 17.2. The summed E-state index contributed by atoms with van der Waals surface area (Å²) >= 11 is 0. The molecule has 0 saturated carbocycles. The molecular weight excluding hydrogens is 306 g/mol. The third-order valence-corrected chi connectivity index (χ3v) is 3.55. The maximum Gasteiger partial charge on any atom is 0.314 e. The Morgan fingerprint density at radius 3 is 1.83 bits per heavy atom. The highest BCUT2D eigenvalue weighted by Gasteiger charge is 2.16. The summed E-state index contributed by atoms with van der Waals surface area (Å²) in [5, 5.41) is 5.11. The Kier molecular flexibility index (Phi) is 4.99. The van der Waals surface area contributed by atoms with Crippen molar-refractivity contribution in [2.75, 3.05) is 10.6 Å². The van der Waals surface area contributed by atoms with E-state index >= 15 is 0 Å². The van der Waals surface area contributed by atoms with Gasteiger partial charge in [-0.15, -0.1) is 0 Å². The van der Waals surface area contributed by atoms with Crippen LogP contribution in [0.15, 0.2) is 36.4 Å². The summed E-state index contributed by atoms with van der Waals surface area (Å²) < 4.78 is 0. The van der Waals surface area contributed by atoms with Crippen LogP contribution in [0.2, 0.25) is 0 Å². The molecule has 6 heteroatoms. The van der Waals surface area contributed by atoms with E-state index in [0.717, 1.165) is 16.7 Å². The van der Waals surface area contributed by atoms with Crippen molar-refractivity contribution in [3.8, 4) is 0 Å². The lowest BCUT2D eigenvalue weighted by Gasteiger charge is -2.12. The number of benzene rings is 2. The van der Waals surface area contributed by atoms with Crippen molar-refractivity contribution in [3.05, 3.63) is 58.7 Å². The van der Waals surface area contributed by atoms with Gasteiger partial charge < -0.3 is 16.4 Å². The molecule has 0 bridgehead atoms. The fourth-order valence-electron chi connectivity index (χ4n) is 2.45. The van der Waals surface area contributed by atoms with E-state index in [4.69, 9.17) is 5.73 Å². The normalized spacial score (nSPS) is 10.1. The number of nitrogens with two attached hydrogens (primary N) is 1. The molecule has 0 aromatic heterocycles.